The molecule has 0 radical (unpaired) electrons. The number of carbonyl (C=O) groups excluding carboxylic acids is 3. The Bertz CT molecular complexity index is 1110. The van der Waals surface area contributed by atoms with E-state index < -0.39 is 17.0 Å². The van der Waals surface area contributed by atoms with Crippen LogP contribution in [-0.2, 0) is 14.3 Å². The van der Waals surface area contributed by atoms with Gasteiger partial charge in [0.25, 0.3) is 0 Å². The molecule has 0 aromatic rings. The minimum Gasteiger partial charge on any atom is -0.453 e. The second-order valence-corrected chi connectivity index (χ2v) is 14.8. The van der Waals surface area contributed by atoms with E-state index in [0.717, 1.165) is 44.9 Å². The van der Waals surface area contributed by atoms with Crippen LogP contribution < -0.4 is 5.32 Å². The number of nitrogens with zero attached hydrogens (tertiary/aromatic N) is 1. The number of nitrogens with one attached hydrogen (secondary N) is 1. The zero-order chi connectivity index (χ0) is 27.2. The van der Waals surface area contributed by atoms with Gasteiger partial charge in [-0.2, -0.15) is 5.26 Å². The van der Waals surface area contributed by atoms with Crippen LogP contribution in [0.2, 0.25) is 0 Å². The number of ketones is 2. The number of ether oxygens (including phenoxy) is 1. The van der Waals surface area contributed by atoms with Gasteiger partial charge in [-0.05, 0) is 84.9 Å². The lowest BCUT2D eigenvalue weighted by atomic mass is 9.36. The fourth-order valence-corrected chi connectivity index (χ4v) is 10.4. The number of carbonyl (C=O) groups is 3. The van der Waals surface area contributed by atoms with E-state index in [1.54, 1.807) is 0 Å². The summed E-state index contributed by atoms with van der Waals surface area (Å²) in [7, 11) is 1.41. The molecule has 5 rings (SSSR count). The van der Waals surface area contributed by atoms with Crippen LogP contribution in [0.3, 0.4) is 0 Å². The van der Waals surface area contributed by atoms with Gasteiger partial charge in [0.2, 0.25) is 0 Å². The lowest BCUT2D eigenvalue weighted by Crippen LogP contribution is -2.68. The second-order valence-electron chi connectivity index (χ2n) is 14.8. The molecule has 8 atom stereocenters. The third-order valence-corrected chi connectivity index (χ3v) is 12.2. The van der Waals surface area contributed by atoms with E-state index >= 15 is 0 Å². The molecule has 4 saturated carbocycles. The van der Waals surface area contributed by atoms with Gasteiger partial charge in [0.1, 0.15) is 11.9 Å². The molecule has 5 aliphatic carbocycles. The van der Waals surface area contributed by atoms with E-state index in [9.17, 15) is 19.6 Å². The molecule has 37 heavy (non-hydrogen) atoms. The van der Waals surface area contributed by atoms with Gasteiger partial charge in [0.15, 0.2) is 5.78 Å². The molecule has 6 heteroatoms. The topological polar surface area (TPSA) is 96.3 Å². The summed E-state index contributed by atoms with van der Waals surface area (Å²) in [6, 6.07) is 2.19. The van der Waals surface area contributed by atoms with Crippen molar-refractivity contribution in [2.45, 2.75) is 98.4 Å². The minimum atomic E-state index is -0.616. The van der Waals surface area contributed by atoms with Crippen LogP contribution in [0.5, 0.6) is 0 Å². The molecule has 0 aromatic carbocycles. The average molecular weight is 509 g/mol. The summed E-state index contributed by atoms with van der Waals surface area (Å²) in [6.45, 7) is 13.2. The van der Waals surface area contributed by atoms with E-state index in [-0.39, 0.29) is 57.2 Å². The Morgan fingerprint density at radius 3 is 2.35 bits per heavy atom. The fourth-order valence-electron chi connectivity index (χ4n) is 10.4. The van der Waals surface area contributed by atoms with Crippen molar-refractivity contribution < 1.29 is 19.1 Å². The molecule has 1 N–H and O–H groups in total. The van der Waals surface area contributed by atoms with E-state index in [4.69, 9.17) is 4.74 Å². The van der Waals surface area contributed by atoms with Crippen molar-refractivity contribution in [2.24, 2.45) is 51.2 Å². The number of hydrogen-bond donors (Lipinski definition) is 1. The zero-order valence-electron chi connectivity index (χ0n) is 23.7. The van der Waals surface area contributed by atoms with Crippen LogP contribution in [0.25, 0.3) is 0 Å². The third kappa shape index (κ3) is 3.58. The lowest BCUT2D eigenvalue weighted by molar-refractivity contribution is -0.184. The Morgan fingerprint density at radius 2 is 1.70 bits per heavy atom. The van der Waals surface area contributed by atoms with Crippen molar-refractivity contribution in [2.75, 3.05) is 7.11 Å². The van der Waals surface area contributed by atoms with Crippen molar-refractivity contribution in [3.63, 3.8) is 0 Å². The van der Waals surface area contributed by atoms with Crippen LogP contribution in [0, 0.1) is 62.6 Å². The number of rotatable bonds is 1. The predicted octanol–water partition coefficient (Wildman–Crippen LogP) is 6.00. The molecule has 3 unspecified atom stereocenters. The number of nitriles is 1. The Hall–Kier alpha value is -2.16. The monoisotopic (exact) mass is 508 g/mol. The Labute approximate surface area is 222 Å². The third-order valence-electron chi connectivity index (χ3n) is 12.2. The molecule has 0 spiro atoms. The van der Waals surface area contributed by atoms with Gasteiger partial charge >= 0.3 is 6.09 Å². The highest BCUT2D eigenvalue weighted by Crippen LogP contribution is 2.70. The van der Waals surface area contributed by atoms with Gasteiger partial charge in [0, 0.05) is 23.3 Å². The molecule has 0 aliphatic heterocycles. The second kappa shape index (κ2) is 8.17. The van der Waals surface area contributed by atoms with Crippen LogP contribution in [0.4, 0.5) is 4.79 Å². The Morgan fingerprint density at radius 1 is 1.00 bits per heavy atom. The van der Waals surface area contributed by atoms with Crippen LogP contribution in [0.1, 0.15) is 92.9 Å². The minimum absolute atomic E-state index is 0.0538. The highest BCUT2D eigenvalue weighted by molar-refractivity contribution is 6.04. The zero-order valence-corrected chi connectivity index (χ0v) is 23.7. The molecular formula is C31H44N2O4. The number of Topliss-reactive ketones (excluding diaryl/α,β-unsaturated/α-hetero) is 2. The van der Waals surface area contributed by atoms with Crippen molar-refractivity contribution in [3.8, 4) is 6.07 Å². The van der Waals surface area contributed by atoms with E-state index in [1.807, 2.05) is 19.9 Å². The molecule has 202 valence electrons. The molecule has 6 nitrogen and oxygen atoms in total. The van der Waals surface area contributed by atoms with Crippen LogP contribution in [0.15, 0.2) is 11.6 Å². The van der Waals surface area contributed by atoms with E-state index in [2.05, 4.69) is 39.1 Å². The van der Waals surface area contributed by atoms with Gasteiger partial charge in [-0.15, -0.1) is 0 Å². The maximum atomic E-state index is 14.3. The normalized spacial score (nSPS) is 45.7. The number of hydrogen-bond acceptors (Lipinski definition) is 5. The Kier molecular flexibility index (Phi) is 5.84. The maximum Gasteiger partial charge on any atom is 0.407 e. The number of alkyl carbamates (subject to hydrolysis) is 1. The first-order valence-electron chi connectivity index (χ1n) is 14.2. The summed E-state index contributed by atoms with van der Waals surface area (Å²) >= 11 is 0. The number of allylic oxidation sites excluding steroid dienone is 2. The lowest BCUT2D eigenvalue weighted by Gasteiger charge is -2.68. The molecule has 1 amide bonds. The first kappa shape index (κ1) is 26.4. The highest BCUT2D eigenvalue weighted by atomic mass is 16.5. The summed E-state index contributed by atoms with van der Waals surface area (Å²) in [5.41, 5.74) is -1.06. The molecule has 5 aliphatic rings. The first-order chi connectivity index (χ1) is 17.1. The summed E-state index contributed by atoms with van der Waals surface area (Å²) in [5, 5.41) is 13.1. The summed E-state index contributed by atoms with van der Waals surface area (Å²) in [4.78, 5) is 39.9. The molecule has 0 heterocycles. The highest BCUT2D eigenvalue weighted by Gasteiger charge is 2.68. The standard InChI is InChI=1S/C31H44N2O4/c1-27(2)12-13-31(33-26(36)37-7)11-8-19-24(20(31)16-27)21(34)14-23-29(19,5)10-9-22-28(3,4)25(35)18(17-32)15-30(22,23)6/h15,19-20,22-24H,8-14,16H2,1-7H3,(H,33,36)/t19?,20?,22-,23-,24?,29-,30-,31+/m0/s1. The van der Waals surface area contributed by atoms with Crippen molar-refractivity contribution >= 4 is 17.7 Å². The van der Waals surface area contributed by atoms with Gasteiger partial charge in [0.05, 0.1) is 12.7 Å². The molecule has 0 bridgehead atoms. The number of methoxy groups -OCH3 is 1. The largest absolute Gasteiger partial charge is 0.453 e. The smallest absolute Gasteiger partial charge is 0.407 e. The van der Waals surface area contributed by atoms with Crippen LogP contribution in [-0.4, -0.2) is 30.3 Å². The number of fused-ring (bicyclic) bond motifs is 7. The SMILES string of the molecule is COC(=O)N[C@@]12CCC3C(C(=O)C[C@@H]4[C@@]5(C)C=C(C#N)C(=O)C(C)(C)[C@@H]5CC[C@@]34C)C1CC(C)(C)CC2. The summed E-state index contributed by atoms with van der Waals surface area (Å²) < 4.78 is 5.04. The molecule has 0 saturated heterocycles. The van der Waals surface area contributed by atoms with E-state index in [0.29, 0.717) is 12.2 Å². The number of amides is 1. The van der Waals surface area contributed by atoms with Gasteiger partial charge in [-0.1, -0.05) is 47.6 Å². The maximum absolute atomic E-state index is 14.3. The first-order valence-corrected chi connectivity index (χ1v) is 14.2. The predicted molar refractivity (Wildman–Crippen MR) is 140 cm³/mol. The van der Waals surface area contributed by atoms with Gasteiger partial charge in [-0.25, -0.2) is 4.79 Å². The van der Waals surface area contributed by atoms with Crippen molar-refractivity contribution in [1.29, 1.82) is 5.26 Å². The molecular weight excluding hydrogens is 464 g/mol. The van der Waals surface area contributed by atoms with Crippen molar-refractivity contribution in [3.05, 3.63) is 11.6 Å². The molecule has 4 fully saturated rings. The fraction of sp³-hybridized carbons (Fsp3) is 0.806. The summed E-state index contributed by atoms with van der Waals surface area (Å²) in [6.07, 6.45) is 8.54. The van der Waals surface area contributed by atoms with Crippen molar-refractivity contribution in [1.82, 2.24) is 5.32 Å². The Balaban J connectivity index is 1.57. The molecule has 0 aromatic heterocycles. The summed E-state index contributed by atoms with van der Waals surface area (Å²) in [5.74, 6) is 0.730. The van der Waals surface area contributed by atoms with Gasteiger partial charge < -0.3 is 10.1 Å². The van der Waals surface area contributed by atoms with Gasteiger partial charge in [-0.3, -0.25) is 9.59 Å². The van der Waals surface area contributed by atoms with Crippen LogP contribution >= 0.6 is 0 Å². The average Bonchev–Trinajstić information content (AvgIpc) is 2.82. The van der Waals surface area contributed by atoms with E-state index in [1.165, 1.54) is 7.11 Å². The quantitative estimate of drug-likeness (QED) is 0.468.